The van der Waals surface area contributed by atoms with E-state index in [4.69, 9.17) is 16.7 Å². The van der Waals surface area contributed by atoms with E-state index in [0.29, 0.717) is 23.0 Å². The van der Waals surface area contributed by atoms with Crippen molar-refractivity contribution in [2.45, 2.75) is 25.3 Å². The van der Waals surface area contributed by atoms with Gasteiger partial charge in [-0.2, -0.15) is 0 Å². The second-order valence-electron chi connectivity index (χ2n) is 5.26. The van der Waals surface area contributed by atoms with Gasteiger partial charge in [-0.3, -0.25) is 9.59 Å². The third-order valence-corrected chi connectivity index (χ3v) is 3.95. The summed E-state index contributed by atoms with van der Waals surface area (Å²) in [5, 5.41) is 12.6. The number of benzene rings is 1. The molecule has 0 bridgehead atoms. The lowest BCUT2D eigenvalue weighted by atomic mass is 10.1. The maximum absolute atomic E-state index is 12.1. The highest BCUT2D eigenvalue weighted by Gasteiger charge is 2.48. The number of ketones is 1. The van der Waals surface area contributed by atoms with Crippen molar-refractivity contribution in [3.05, 3.63) is 28.8 Å². The minimum Gasteiger partial charge on any atom is -0.481 e. The number of aliphatic carboxylic acids is 1. The average molecular weight is 280 g/mol. The number of hydrogen-bond donors (Lipinski definition) is 2. The van der Waals surface area contributed by atoms with Crippen molar-refractivity contribution < 1.29 is 14.7 Å². The molecule has 0 aromatic heterocycles. The number of Topliss-reactive ketones (excluding diaryl/α,β-unsaturated/α-hetero) is 1. The van der Waals surface area contributed by atoms with Crippen LogP contribution in [-0.2, 0) is 4.79 Å². The summed E-state index contributed by atoms with van der Waals surface area (Å²) in [6.45, 7) is 0. The summed E-state index contributed by atoms with van der Waals surface area (Å²) in [5.41, 5.74) is 1.34. The molecule has 3 rings (SSSR count). The molecule has 2 fully saturated rings. The summed E-state index contributed by atoms with van der Waals surface area (Å²) in [4.78, 5) is 22.8. The normalized spacial score (nSPS) is 24.9. The molecule has 2 saturated carbocycles. The van der Waals surface area contributed by atoms with Gasteiger partial charge in [-0.15, -0.1) is 0 Å². The third kappa shape index (κ3) is 2.59. The molecule has 2 unspecified atom stereocenters. The fraction of sp³-hybridized carbons (Fsp3) is 0.429. The number of hydrogen-bond acceptors (Lipinski definition) is 3. The van der Waals surface area contributed by atoms with Gasteiger partial charge in [0.05, 0.1) is 16.6 Å². The van der Waals surface area contributed by atoms with Crippen molar-refractivity contribution in [3.8, 4) is 0 Å². The molecule has 0 heterocycles. The van der Waals surface area contributed by atoms with Gasteiger partial charge in [0.15, 0.2) is 5.78 Å². The van der Waals surface area contributed by atoms with Crippen LogP contribution >= 0.6 is 11.6 Å². The van der Waals surface area contributed by atoms with Gasteiger partial charge in [0.1, 0.15) is 0 Å². The van der Waals surface area contributed by atoms with E-state index in [9.17, 15) is 9.59 Å². The minimum atomic E-state index is -0.892. The van der Waals surface area contributed by atoms with E-state index >= 15 is 0 Å². The zero-order valence-corrected chi connectivity index (χ0v) is 11.0. The third-order valence-electron chi connectivity index (χ3n) is 3.63. The summed E-state index contributed by atoms with van der Waals surface area (Å²) in [6.07, 6.45) is 2.74. The van der Waals surface area contributed by atoms with E-state index in [1.165, 1.54) is 0 Å². The van der Waals surface area contributed by atoms with E-state index in [-0.39, 0.29) is 11.7 Å². The highest BCUT2D eigenvalue weighted by atomic mass is 35.5. The summed E-state index contributed by atoms with van der Waals surface area (Å²) in [6, 6.07) is 5.65. The van der Waals surface area contributed by atoms with Crippen LogP contribution in [0.5, 0.6) is 0 Å². The Morgan fingerprint density at radius 2 is 2.00 bits per heavy atom. The molecule has 5 heteroatoms. The maximum atomic E-state index is 12.1. The molecule has 19 heavy (non-hydrogen) atoms. The topological polar surface area (TPSA) is 66.4 Å². The van der Waals surface area contributed by atoms with Gasteiger partial charge in [-0.1, -0.05) is 11.6 Å². The fourth-order valence-electron chi connectivity index (χ4n) is 2.20. The smallest absolute Gasteiger partial charge is 0.307 e. The molecule has 100 valence electrons. The maximum Gasteiger partial charge on any atom is 0.307 e. The van der Waals surface area contributed by atoms with Crippen LogP contribution in [-0.4, -0.2) is 22.9 Å². The first-order valence-electron chi connectivity index (χ1n) is 6.39. The van der Waals surface area contributed by atoms with Gasteiger partial charge in [0, 0.05) is 17.5 Å². The molecule has 2 atom stereocenters. The molecule has 0 amide bonds. The van der Waals surface area contributed by atoms with Crippen LogP contribution in [0.15, 0.2) is 18.2 Å². The van der Waals surface area contributed by atoms with E-state index < -0.39 is 11.9 Å². The van der Waals surface area contributed by atoms with E-state index in [0.717, 1.165) is 18.5 Å². The molecular weight excluding hydrogens is 266 g/mol. The Labute approximate surface area is 115 Å². The fourth-order valence-corrected chi connectivity index (χ4v) is 2.44. The molecule has 0 aliphatic heterocycles. The number of carbonyl (C=O) groups is 2. The zero-order valence-electron chi connectivity index (χ0n) is 10.2. The highest BCUT2D eigenvalue weighted by Crippen LogP contribution is 2.41. The molecule has 0 saturated heterocycles. The molecule has 0 spiro atoms. The minimum absolute atomic E-state index is 0.118. The monoisotopic (exact) mass is 279 g/mol. The first-order chi connectivity index (χ1) is 9.06. The van der Waals surface area contributed by atoms with E-state index in [1.807, 2.05) is 0 Å². The second kappa shape index (κ2) is 4.53. The summed E-state index contributed by atoms with van der Waals surface area (Å²) in [5.74, 6) is -1.91. The molecule has 2 aliphatic rings. The van der Waals surface area contributed by atoms with Crippen molar-refractivity contribution in [1.29, 1.82) is 0 Å². The molecule has 0 radical (unpaired) electrons. The molecule has 1 aromatic carbocycles. The lowest BCUT2D eigenvalue weighted by Crippen LogP contribution is -2.09. The average Bonchev–Trinajstić information content (AvgIpc) is 3.24. The van der Waals surface area contributed by atoms with Gasteiger partial charge in [0.2, 0.25) is 0 Å². The molecule has 1 aromatic rings. The Bertz CT molecular complexity index is 554. The quantitative estimate of drug-likeness (QED) is 0.814. The van der Waals surface area contributed by atoms with Gasteiger partial charge in [0.25, 0.3) is 0 Å². The Morgan fingerprint density at radius 1 is 1.26 bits per heavy atom. The molecule has 2 N–H and O–H groups in total. The Kier molecular flexibility index (Phi) is 2.97. The van der Waals surface area contributed by atoms with Gasteiger partial charge < -0.3 is 10.4 Å². The van der Waals surface area contributed by atoms with Crippen LogP contribution < -0.4 is 5.32 Å². The SMILES string of the molecule is O=C(O)C1CC1C(=O)c1ccc(NC2CC2)c(Cl)c1. The van der Waals surface area contributed by atoms with Gasteiger partial charge >= 0.3 is 5.97 Å². The van der Waals surface area contributed by atoms with Crippen molar-refractivity contribution in [2.24, 2.45) is 11.8 Å². The predicted octanol–water partition coefficient (Wildman–Crippen LogP) is 2.82. The van der Waals surface area contributed by atoms with E-state index in [1.54, 1.807) is 18.2 Å². The number of carboxylic acids is 1. The Balaban J connectivity index is 1.73. The standard InChI is InChI=1S/C14H14ClNO3/c15-11-5-7(1-4-12(11)16-8-2-3-8)13(17)9-6-10(9)14(18)19/h1,4-5,8-10,16H,2-3,6H2,(H,18,19). The number of carbonyl (C=O) groups excluding carboxylic acids is 1. The number of nitrogens with one attached hydrogen (secondary N) is 1. The van der Waals surface area contributed by atoms with Crippen molar-refractivity contribution in [3.63, 3.8) is 0 Å². The van der Waals surface area contributed by atoms with Crippen LogP contribution in [0.25, 0.3) is 0 Å². The largest absolute Gasteiger partial charge is 0.481 e. The number of anilines is 1. The lowest BCUT2D eigenvalue weighted by Gasteiger charge is -2.08. The number of carboxylic acid groups (broad SMARTS) is 1. The first-order valence-corrected chi connectivity index (χ1v) is 6.77. The summed E-state index contributed by atoms with van der Waals surface area (Å²) >= 11 is 6.14. The van der Waals surface area contributed by atoms with Crippen molar-refractivity contribution in [1.82, 2.24) is 0 Å². The summed E-state index contributed by atoms with van der Waals surface area (Å²) < 4.78 is 0. The summed E-state index contributed by atoms with van der Waals surface area (Å²) in [7, 11) is 0. The Morgan fingerprint density at radius 3 is 2.53 bits per heavy atom. The highest BCUT2D eigenvalue weighted by molar-refractivity contribution is 6.33. The van der Waals surface area contributed by atoms with Crippen LogP contribution in [0.1, 0.15) is 29.6 Å². The Hall–Kier alpha value is -1.55. The van der Waals surface area contributed by atoms with Gasteiger partial charge in [-0.25, -0.2) is 0 Å². The first kappa shape index (κ1) is 12.5. The number of rotatable bonds is 5. The molecular formula is C14H14ClNO3. The van der Waals surface area contributed by atoms with Gasteiger partial charge in [-0.05, 0) is 37.5 Å². The van der Waals surface area contributed by atoms with Crippen LogP contribution in [0.3, 0.4) is 0 Å². The second-order valence-corrected chi connectivity index (χ2v) is 5.67. The zero-order chi connectivity index (χ0) is 13.6. The molecule has 4 nitrogen and oxygen atoms in total. The van der Waals surface area contributed by atoms with Crippen LogP contribution in [0.2, 0.25) is 5.02 Å². The number of halogens is 1. The van der Waals surface area contributed by atoms with Crippen molar-refractivity contribution in [2.75, 3.05) is 5.32 Å². The van der Waals surface area contributed by atoms with E-state index in [2.05, 4.69) is 5.32 Å². The van der Waals surface area contributed by atoms with Crippen LogP contribution in [0.4, 0.5) is 5.69 Å². The molecule has 2 aliphatic carbocycles. The predicted molar refractivity (Wildman–Crippen MR) is 71.7 cm³/mol. The van der Waals surface area contributed by atoms with Crippen LogP contribution in [0, 0.1) is 11.8 Å². The lowest BCUT2D eigenvalue weighted by molar-refractivity contribution is -0.138. The van der Waals surface area contributed by atoms with Crippen molar-refractivity contribution >= 4 is 29.0 Å².